The molecule has 1 heterocycles. The van der Waals surface area contributed by atoms with Crippen molar-refractivity contribution in [2.75, 3.05) is 18.8 Å². The van der Waals surface area contributed by atoms with E-state index in [1.54, 1.807) is 0 Å². The van der Waals surface area contributed by atoms with Crippen LogP contribution in [0.15, 0.2) is 30.5 Å². The second-order valence-corrected chi connectivity index (χ2v) is 7.86. The molecule has 0 aliphatic heterocycles. The highest BCUT2D eigenvalue weighted by Crippen LogP contribution is 2.27. The van der Waals surface area contributed by atoms with E-state index >= 15 is 0 Å². The van der Waals surface area contributed by atoms with E-state index in [9.17, 15) is 0 Å². The van der Waals surface area contributed by atoms with Gasteiger partial charge in [0.1, 0.15) is 5.52 Å². The number of rotatable bonds is 1. The summed E-state index contributed by atoms with van der Waals surface area (Å²) in [4.78, 5) is 0. The molecule has 0 bridgehead atoms. The van der Waals surface area contributed by atoms with E-state index in [2.05, 4.69) is 58.4 Å². The molecule has 0 atom stereocenters. The van der Waals surface area contributed by atoms with Gasteiger partial charge in [0, 0.05) is 18.8 Å². The Kier molecular flexibility index (Phi) is 1.84. The van der Waals surface area contributed by atoms with Crippen molar-refractivity contribution >= 4 is 21.1 Å². The van der Waals surface area contributed by atoms with Gasteiger partial charge in [0.05, 0.1) is 5.39 Å². The van der Waals surface area contributed by atoms with Gasteiger partial charge in [0.15, 0.2) is 0 Å². The van der Waals surface area contributed by atoms with Gasteiger partial charge in [-0.1, -0.05) is 16.2 Å². The number of nitrogens with zero attached hydrogens (tertiary/aromatic N) is 1. The highest BCUT2D eigenvalue weighted by atomic mass is 32.3. The summed E-state index contributed by atoms with van der Waals surface area (Å²) in [5.74, 6) is 0. The number of para-hydroxylation sites is 1. The SMILES string of the molecule is CS(C)(C)[n+]1cc2ccccc2[nH]1. The fourth-order valence-corrected chi connectivity index (χ4v) is 2.09. The zero-order valence-electron chi connectivity index (χ0n) is 8.24. The summed E-state index contributed by atoms with van der Waals surface area (Å²) in [6.45, 7) is 0. The van der Waals surface area contributed by atoms with Crippen molar-refractivity contribution in [3.8, 4) is 0 Å². The maximum atomic E-state index is 3.39. The number of H-pyrrole nitrogens is 1. The molecule has 0 spiro atoms. The molecule has 0 amide bonds. The third-order valence-corrected chi connectivity index (χ3v) is 3.41. The highest BCUT2D eigenvalue weighted by Gasteiger charge is 2.18. The number of aromatic amines is 1. The lowest BCUT2D eigenvalue weighted by molar-refractivity contribution is -0.565. The molecule has 2 aromatic rings. The molecule has 1 N–H and O–H groups in total. The largest absolute Gasteiger partial charge is 0.216 e. The highest BCUT2D eigenvalue weighted by molar-refractivity contribution is 8.26. The molecule has 1 aromatic heterocycles. The van der Waals surface area contributed by atoms with Crippen molar-refractivity contribution in [1.82, 2.24) is 5.10 Å². The van der Waals surface area contributed by atoms with Gasteiger partial charge in [0.25, 0.3) is 0 Å². The fraction of sp³-hybridized carbons (Fsp3) is 0.300. The molecule has 3 heteroatoms. The van der Waals surface area contributed by atoms with Crippen LogP contribution in [0.4, 0.5) is 0 Å². The van der Waals surface area contributed by atoms with Crippen molar-refractivity contribution in [2.45, 2.75) is 0 Å². The minimum atomic E-state index is -0.704. The molecule has 0 unspecified atom stereocenters. The number of hydrogen-bond acceptors (Lipinski definition) is 0. The number of hydrogen-bond donors (Lipinski definition) is 1. The first kappa shape index (κ1) is 8.63. The fourth-order valence-electron chi connectivity index (χ4n) is 1.28. The molecule has 0 fully saturated rings. The first-order chi connectivity index (χ1) is 6.07. The summed E-state index contributed by atoms with van der Waals surface area (Å²) in [7, 11) is -0.704. The minimum Gasteiger partial charge on any atom is -0.154 e. The topological polar surface area (TPSA) is 19.7 Å². The van der Waals surface area contributed by atoms with E-state index in [1.165, 1.54) is 10.9 Å². The van der Waals surface area contributed by atoms with Crippen LogP contribution in [-0.4, -0.2) is 23.9 Å². The smallest absolute Gasteiger partial charge is 0.154 e. The van der Waals surface area contributed by atoms with Crippen molar-refractivity contribution in [2.24, 2.45) is 0 Å². The summed E-state index contributed by atoms with van der Waals surface area (Å²) in [6, 6.07) is 8.37. The van der Waals surface area contributed by atoms with Crippen LogP contribution in [0.2, 0.25) is 0 Å². The molecule has 0 radical (unpaired) electrons. The van der Waals surface area contributed by atoms with Crippen LogP contribution < -0.4 is 4.09 Å². The lowest BCUT2D eigenvalue weighted by Gasteiger charge is -2.14. The zero-order chi connectivity index (χ0) is 9.47. The average molecular weight is 195 g/mol. The second kappa shape index (κ2) is 2.77. The maximum absolute atomic E-state index is 3.39. The molecule has 2 rings (SSSR count). The molecule has 0 saturated heterocycles. The lowest BCUT2D eigenvalue weighted by atomic mass is 10.3. The summed E-state index contributed by atoms with van der Waals surface area (Å²) in [5, 5.41) is 4.67. The van der Waals surface area contributed by atoms with Crippen molar-refractivity contribution in [3.63, 3.8) is 0 Å². The third-order valence-electron chi connectivity index (χ3n) is 2.04. The van der Waals surface area contributed by atoms with Crippen LogP contribution in [0.25, 0.3) is 10.9 Å². The monoisotopic (exact) mass is 195 g/mol. The Bertz CT molecular complexity index is 393. The molecule has 0 aliphatic rings. The van der Waals surface area contributed by atoms with Crippen LogP contribution >= 0.6 is 10.2 Å². The van der Waals surface area contributed by atoms with E-state index in [-0.39, 0.29) is 0 Å². The molecule has 0 saturated carbocycles. The summed E-state index contributed by atoms with van der Waals surface area (Å²) >= 11 is 0. The van der Waals surface area contributed by atoms with Gasteiger partial charge in [-0.15, -0.1) is 0 Å². The molecule has 0 aliphatic carbocycles. The Labute approximate surface area is 80.0 Å². The Morgan fingerprint density at radius 1 is 1.15 bits per heavy atom. The Balaban J connectivity index is 2.63. The van der Waals surface area contributed by atoms with Gasteiger partial charge in [-0.05, 0) is 22.3 Å². The summed E-state index contributed by atoms with van der Waals surface area (Å²) < 4.78 is 2.22. The first-order valence-electron chi connectivity index (χ1n) is 4.26. The van der Waals surface area contributed by atoms with E-state index < -0.39 is 10.2 Å². The standard InChI is InChI=1S/C10H14N2S/c1-13(2,3)12-8-9-6-4-5-7-10(9)11-12/h4-8H,1-3H3/p+1. The number of nitrogens with one attached hydrogen (secondary N) is 1. The average Bonchev–Trinajstić information content (AvgIpc) is 2.45. The van der Waals surface area contributed by atoms with Crippen LogP contribution in [0.1, 0.15) is 0 Å². The van der Waals surface area contributed by atoms with Crippen LogP contribution in [0, 0.1) is 0 Å². The summed E-state index contributed by atoms with van der Waals surface area (Å²) in [6.07, 6.45) is 8.98. The molecular formula is C10H15N2S+. The van der Waals surface area contributed by atoms with E-state index in [0.29, 0.717) is 0 Å². The van der Waals surface area contributed by atoms with Gasteiger partial charge in [-0.2, -0.15) is 5.10 Å². The molecule has 2 nitrogen and oxygen atoms in total. The Hall–Kier alpha value is -0.960. The predicted molar refractivity (Wildman–Crippen MR) is 59.3 cm³/mol. The molecular weight excluding hydrogens is 180 g/mol. The summed E-state index contributed by atoms with van der Waals surface area (Å²) in [5.41, 5.74) is 1.21. The minimum absolute atomic E-state index is 0.704. The van der Waals surface area contributed by atoms with Gasteiger partial charge in [-0.3, -0.25) is 0 Å². The van der Waals surface area contributed by atoms with Crippen LogP contribution in [0.5, 0.6) is 0 Å². The zero-order valence-corrected chi connectivity index (χ0v) is 9.06. The van der Waals surface area contributed by atoms with Crippen molar-refractivity contribution < 1.29 is 4.09 Å². The van der Waals surface area contributed by atoms with E-state index in [4.69, 9.17) is 0 Å². The number of benzene rings is 1. The molecule has 13 heavy (non-hydrogen) atoms. The maximum Gasteiger partial charge on any atom is 0.216 e. The third kappa shape index (κ3) is 1.56. The lowest BCUT2D eigenvalue weighted by Crippen LogP contribution is -2.38. The molecule has 70 valence electrons. The number of aromatic nitrogens is 2. The predicted octanol–water partition coefficient (Wildman–Crippen LogP) is 1.91. The Morgan fingerprint density at radius 2 is 1.85 bits per heavy atom. The molecule has 1 aromatic carbocycles. The van der Waals surface area contributed by atoms with E-state index in [1.807, 2.05) is 0 Å². The first-order valence-corrected chi connectivity index (χ1v) is 7.07. The Morgan fingerprint density at radius 3 is 2.46 bits per heavy atom. The van der Waals surface area contributed by atoms with Gasteiger partial charge in [0.2, 0.25) is 6.20 Å². The normalized spacial score (nSPS) is 13.5. The van der Waals surface area contributed by atoms with Crippen LogP contribution in [-0.2, 0) is 0 Å². The van der Waals surface area contributed by atoms with Gasteiger partial charge in [-0.25, -0.2) is 0 Å². The van der Waals surface area contributed by atoms with Crippen molar-refractivity contribution in [1.29, 1.82) is 0 Å². The van der Waals surface area contributed by atoms with Crippen LogP contribution in [0.3, 0.4) is 0 Å². The second-order valence-electron chi connectivity index (χ2n) is 3.93. The van der Waals surface area contributed by atoms with Gasteiger partial charge >= 0.3 is 0 Å². The van der Waals surface area contributed by atoms with Crippen molar-refractivity contribution in [3.05, 3.63) is 30.5 Å². The van der Waals surface area contributed by atoms with Gasteiger partial charge < -0.3 is 0 Å². The quantitative estimate of drug-likeness (QED) is 0.671. The van der Waals surface area contributed by atoms with E-state index in [0.717, 1.165) is 0 Å². The number of fused-ring (bicyclic) bond motifs is 1.